The number of anilines is 2. The summed E-state index contributed by atoms with van der Waals surface area (Å²) in [5.74, 6) is 2.37. The van der Waals surface area contributed by atoms with Gasteiger partial charge in [-0.15, -0.1) is 0 Å². The van der Waals surface area contributed by atoms with Gasteiger partial charge in [-0.3, -0.25) is 0 Å². The van der Waals surface area contributed by atoms with Crippen molar-refractivity contribution in [3.8, 4) is 0 Å². The van der Waals surface area contributed by atoms with Crippen molar-refractivity contribution in [3.63, 3.8) is 0 Å². The maximum atomic E-state index is 4.52. The number of hydrogen-bond acceptors (Lipinski definition) is 5. The molecular formula is C14H22N6. The number of hydrogen-bond donors (Lipinski definition) is 3. The van der Waals surface area contributed by atoms with Gasteiger partial charge in [0, 0.05) is 13.1 Å². The van der Waals surface area contributed by atoms with Crippen molar-refractivity contribution in [2.45, 2.75) is 39.0 Å². The number of aromatic nitrogens is 4. The van der Waals surface area contributed by atoms with Gasteiger partial charge in [-0.25, -0.2) is 4.98 Å². The van der Waals surface area contributed by atoms with Gasteiger partial charge in [0.05, 0.1) is 6.33 Å². The first-order chi connectivity index (χ1) is 9.86. The molecule has 0 saturated heterocycles. The van der Waals surface area contributed by atoms with Crippen LogP contribution >= 0.6 is 0 Å². The predicted molar refractivity (Wildman–Crippen MR) is 80.9 cm³/mol. The maximum absolute atomic E-state index is 4.52. The van der Waals surface area contributed by atoms with Crippen molar-refractivity contribution in [1.82, 2.24) is 19.9 Å². The SMILES string of the molecule is CCNc1nc(NCCC2CCCC2)c2[nH]cnc2n1. The number of H-pyrrole nitrogens is 1. The van der Waals surface area contributed by atoms with Crippen molar-refractivity contribution in [3.05, 3.63) is 6.33 Å². The summed E-state index contributed by atoms with van der Waals surface area (Å²) >= 11 is 0. The Labute approximate surface area is 118 Å². The standard InChI is InChI=1S/C14H22N6/c1-2-15-14-19-12(11-13(20-14)18-9-17-11)16-8-7-10-5-3-4-6-10/h9-10H,2-8H2,1H3,(H3,15,16,17,18,19,20). The minimum absolute atomic E-state index is 0.635. The number of nitrogens with zero attached hydrogens (tertiary/aromatic N) is 3. The Morgan fingerprint density at radius 3 is 2.90 bits per heavy atom. The van der Waals surface area contributed by atoms with Crippen LogP contribution in [-0.4, -0.2) is 33.0 Å². The highest BCUT2D eigenvalue weighted by molar-refractivity contribution is 5.83. The van der Waals surface area contributed by atoms with Gasteiger partial charge >= 0.3 is 0 Å². The van der Waals surface area contributed by atoms with Crippen LogP contribution < -0.4 is 10.6 Å². The van der Waals surface area contributed by atoms with Crippen LogP contribution in [0.3, 0.4) is 0 Å². The Hall–Kier alpha value is -1.85. The third-order valence-corrected chi connectivity index (χ3v) is 3.94. The number of nitrogens with one attached hydrogen (secondary N) is 3. The second-order valence-electron chi connectivity index (χ2n) is 5.39. The van der Waals surface area contributed by atoms with E-state index in [1.807, 2.05) is 6.92 Å². The van der Waals surface area contributed by atoms with E-state index in [9.17, 15) is 0 Å². The summed E-state index contributed by atoms with van der Waals surface area (Å²) in [6.45, 7) is 3.80. The first-order valence-corrected chi connectivity index (χ1v) is 7.55. The summed E-state index contributed by atoms with van der Waals surface area (Å²) in [5, 5.41) is 6.58. The predicted octanol–water partition coefficient (Wildman–Crippen LogP) is 2.78. The summed E-state index contributed by atoms with van der Waals surface area (Å²) in [5.41, 5.74) is 1.59. The molecule has 1 saturated carbocycles. The highest BCUT2D eigenvalue weighted by Crippen LogP contribution is 2.27. The van der Waals surface area contributed by atoms with E-state index < -0.39 is 0 Å². The quantitative estimate of drug-likeness (QED) is 0.755. The van der Waals surface area contributed by atoms with Crippen LogP contribution in [0.4, 0.5) is 11.8 Å². The van der Waals surface area contributed by atoms with Crippen LogP contribution in [0.1, 0.15) is 39.0 Å². The zero-order valence-electron chi connectivity index (χ0n) is 11.9. The van der Waals surface area contributed by atoms with Crippen LogP contribution in [0.2, 0.25) is 0 Å². The molecule has 1 aliphatic rings. The Kier molecular flexibility index (Phi) is 3.99. The minimum atomic E-state index is 0.635. The van der Waals surface area contributed by atoms with Crippen molar-refractivity contribution >= 4 is 22.9 Å². The number of fused-ring (bicyclic) bond motifs is 1. The topological polar surface area (TPSA) is 78.5 Å². The van der Waals surface area contributed by atoms with Gasteiger partial charge in [-0.05, 0) is 19.3 Å². The molecule has 1 aliphatic carbocycles. The fourth-order valence-electron chi connectivity index (χ4n) is 2.89. The molecule has 108 valence electrons. The molecule has 6 nitrogen and oxygen atoms in total. The van der Waals surface area contributed by atoms with Crippen LogP contribution in [0.5, 0.6) is 0 Å². The van der Waals surface area contributed by atoms with Gasteiger partial charge in [-0.1, -0.05) is 25.7 Å². The summed E-state index contributed by atoms with van der Waals surface area (Å²) in [6.07, 6.45) is 8.44. The third kappa shape index (κ3) is 2.84. The van der Waals surface area contributed by atoms with Crippen molar-refractivity contribution < 1.29 is 0 Å². The van der Waals surface area contributed by atoms with E-state index in [1.54, 1.807) is 6.33 Å². The van der Waals surface area contributed by atoms with Gasteiger partial charge in [0.15, 0.2) is 11.5 Å². The van der Waals surface area contributed by atoms with Gasteiger partial charge in [0.1, 0.15) is 5.52 Å². The Morgan fingerprint density at radius 1 is 1.25 bits per heavy atom. The summed E-state index contributed by atoms with van der Waals surface area (Å²) < 4.78 is 0. The van der Waals surface area contributed by atoms with E-state index in [-0.39, 0.29) is 0 Å². The highest BCUT2D eigenvalue weighted by Gasteiger charge is 2.15. The minimum Gasteiger partial charge on any atom is -0.368 e. The van der Waals surface area contributed by atoms with E-state index in [1.165, 1.54) is 32.1 Å². The lowest BCUT2D eigenvalue weighted by Crippen LogP contribution is -2.10. The van der Waals surface area contributed by atoms with Crippen molar-refractivity contribution in [2.75, 3.05) is 23.7 Å². The van der Waals surface area contributed by atoms with Crippen molar-refractivity contribution in [1.29, 1.82) is 0 Å². The molecular weight excluding hydrogens is 252 g/mol. The molecule has 0 spiro atoms. The first-order valence-electron chi connectivity index (χ1n) is 7.55. The Morgan fingerprint density at radius 2 is 2.10 bits per heavy atom. The Balaban J connectivity index is 1.69. The normalized spacial score (nSPS) is 15.8. The molecule has 1 fully saturated rings. The molecule has 6 heteroatoms. The molecule has 2 aromatic rings. The molecule has 0 unspecified atom stereocenters. The molecule has 2 aromatic heterocycles. The van der Waals surface area contributed by atoms with Gasteiger partial charge in [0.25, 0.3) is 0 Å². The fourth-order valence-corrected chi connectivity index (χ4v) is 2.89. The number of rotatable bonds is 6. The van der Waals surface area contributed by atoms with E-state index in [0.29, 0.717) is 11.6 Å². The largest absolute Gasteiger partial charge is 0.368 e. The number of aromatic amines is 1. The first kappa shape index (κ1) is 13.1. The lowest BCUT2D eigenvalue weighted by atomic mass is 10.0. The second-order valence-corrected chi connectivity index (χ2v) is 5.39. The molecule has 3 N–H and O–H groups in total. The average molecular weight is 274 g/mol. The van der Waals surface area contributed by atoms with Crippen LogP contribution in [0.25, 0.3) is 11.2 Å². The zero-order chi connectivity index (χ0) is 13.8. The lowest BCUT2D eigenvalue weighted by molar-refractivity contribution is 0.518. The molecule has 3 rings (SSSR count). The zero-order valence-corrected chi connectivity index (χ0v) is 11.9. The molecule has 2 heterocycles. The van der Waals surface area contributed by atoms with Crippen LogP contribution in [0, 0.1) is 5.92 Å². The van der Waals surface area contributed by atoms with Crippen molar-refractivity contribution in [2.24, 2.45) is 5.92 Å². The fraction of sp³-hybridized carbons (Fsp3) is 0.643. The molecule has 0 aromatic carbocycles. The van der Waals surface area contributed by atoms with E-state index in [4.69, 9.17) is 0 Å². The van der Waals surface area contributed by atoms with Crippen LogP contribution in [0.15, 0.2) is 6.33 Å². The highest BCUT2D eigenvalue weighted by atomic mass is 15.2. The molecule has 0 amide bonds. The van der Waals surface area contributed by atoms with Gasteiger partial charge in [0.2, 0.25) is 5.95 Å². The van der Waals surface area contributed by atoms with E-state index in [2.05, 4.69) is 30.6 Å². The van der Waals surface area contributed by atoms with E-state index in [0.717, 1.165) is 30.3 Å². The summed E-state index contributed by atoms with van der Waals surface area (Å²) in [6, 6.07) is 0. The second kappa shape index (κ2) is 6.07. The van der Waals surface area contributed by atoms with E-state index >= 15 is 0 Å². The molecule has 20 heavy (non-hydrogen) atoms. The molecule has 0 bridgehead atoms. The maximum Gasteiger partial charge on any atom is 0.226 e. The molecule has 0 radical (unpaired) electrons. The lowest BCUT2D eigenvalue weighted by Gasteiger charge is -2.11. The van der Waals surface area contributed by atoms with Crippen LogP contribution in [-0.2, 0) is 0 Å². The Bertz CT molecular complexity index is 558. The van der Waals surface area contributed by atoms with Gasteiger partial charge in [-0.2, -0.15) is 9.97 Å². The molecule has 0 atom stereocenters. The van der Waals surface area contributed by atoms with Gasteiger partial charge < -0.3 is 15.6 Å². The third-order valence-electron chi connectivity index (χ3n) is 3.94. The molecule has 0 aliphatic heterocycles. The summed E-state index contributed by atoms with van der Waals surface area (Å²) in [4.78, 5) is 16.2. The smallest absolute Gasteiger partial charge is 0.226 e. The summed E-state index contributed by atoms with van der Waals surface area (Å²) in [7, 11) is 0. The monoisotopic (exact) mass is 274 g/mol. The average Bonchev–Trinajstić information content (AvgIpc) is 3.09. The number of imidazole rings is 1.